The van der Waals surface area contributed by atoms with E-state index in [2.05, 4.69) is 36.1 Å². The molecule has 2 unspecified atom stereocenters. The molecule has 0 radical (unpaired) electrons. The Morgan fingerprint density at radius 1 is 1.20 bits per heavy atom. The molecule has 2 aromatic rings. The van der Waals surface area contributed by atoms with Crippen LogP contribution in [-0.4, -0.2) is 25.1 Å². The highest BCUT2D eigenvalue weighted by Gasteiger charge is 2.42. The molecule has 0 amide bonds. The first-order chi connectivity index (χ1) is 11.6. The zero-order chi connectivity index (χ0) is 16.7. The van der Waals surface area contributed by atoms with Crippen LogP contribution < -0.4 is 4.74 Å². The lowest BCUT2D eigenvalue weighted by molar-refractivity contribution is 0.134. The van der Waals surface area contributed by atoms with Crippen LogP contribution in [0.15, 0.2) is 42.5 Å². The Kier molecular flexibility index (Phi) is 5.08. The number of likely N-dealkylation sites (tertiary alicyclic amines) is 1. The van der Waals surface area contributed by atoms with Crippen molar-refractivity contribution in [3.8, 4) is 5.75 Å². The van der Waals surface area contributed by atoms with Gasteiger partial charge < -0.3 is 4.74 Å². The molecule has 2 atom stereocenters. The number of benzene rings is 2. The van der Waals surface area contributed by atoms with Gasteiger partial charge in [0.2, 0.25) is 0 Å². The molecule has 0 N–H and O–H groups in total. The molecule has 1 aliphatic heterocycles. The fourth-order valence-electron chi connectivity index (χ4n) is 4.51. The topological polar surface area (TPSA) is 12.5 Å². The molecule has 4 rings (SSSR count). The first kappa shape index (κ1) is 18.2. The van der Waals surface area contributed by atoms with Gasteiger partial charge in [-0.2, -0.15) is 0 Å². The van der Waals surface area contributed by atoms with E-state index >= 15 is 0 Å². The molecule has 2 nitrogen and oxygen atoms in total. The highest BCUT2D eigenvalue weighted by Crippen LogP contribution is 2.45. The van der Waals surface area contributed by atoms with Crippen LogP contribution in [0.4, 0.5) is 4.39 Å². The van der Waals surface area contributed by atoms with Gasteiger partial charge in [-0.3, -0.25) is 4.90 Å². The summed E-state index contributed by atoms with van der Waals surface area (Å²) >= 11 is 0. The number of rotatable bonds is 3. The molecule has 1 aliphatic carbocycles. The Labute approximate surface area is 155 Å². The molecule has 0 saturated carbocycles. The molecule has 1 saturated heterocycles. The fourth-order valence-corrected chi connectivity index (χ4v) is 4.51. The number of aryl methyl sites for hydroxylation is 1. The van der Waals surface area contributed by atoms with Crippen LogP contribution in [0.1, 0.15) is 42.4 Å². The van der Waals surface area contributed by atoms with E-state index in [0.717, 1.165) is 43.7 Å². The highest BCUT2D eigenvalue weighted by molar-refractivity contribution is 5.85. The number of ether oxygens (including phenoxy) is 1. The van der Waals surface area contributed by atoms with Crippen molar-refractivity contribution in [1.82, 2.24) is 4.90 Å². The summed E-state index contributed by atoms with van der Waals surface area (Å²) in [5.74, 6) is 1.24. The fraction of sp³-hybridized carbons (Fsp3) is 0.429. The molecule has 0 bridgehead atoms. The summed E-state index contributed by atoms with van der Waals surface area (Å²) in [5.41, 5.74) is 4.06. The minimum Gasteiger partial charge on any atom is -0.497 e. The van der Waals surface area contributed by atoms with E-state index in [1.54, 1.807) is 13.2 Å². The molecule has 2 aromatic carbocycles. The average molecular weight is 362 g/mol. The van der Waals surface area contributed by atoms with Crippen LogP contribution in [0.25, 0.3) is 0 Å². The Morgan fingerprint density at radius 3 is 2.80 bits per heavy atom. The van der Waals surface area contributed by atoms with E-state index in [1.165, 1.54) is 17.2 Å². The molecule has 2 aliphatic rings. The quantitative estimate of drug-likeness (QED) is 0.770. The number of halogens is 2. The minimum absolute atomic E-state index is 0. The molecule has 1 fully saturated rings. The third-order valence-corrected chi connectivity index (χ3v) is 5.98. The van der Waals surface area contributed by atoms with Gasteiger partial charge in [-0.25, -0.2) is 4.39 Å². The maximum atomic E-state index is 13.5. The summed E-state index contributed by atoms with van der Waals surface area (Å²) in [5, 5.41) is 0. The predicted molar refractivity (Wildman–Crippen MR) is 101 cm³/mol. The summed E-state index contributed by atoms with van der Waals surface area (Å²) in [7, 11) is 1.72. The zero-order valence-electron chi connectivity index (χ0n) is 14.8. The number of hydrogen-bond donors (Lipinski definition) is 0. The molecular formula is C21H25ClFNO. The lowest BCUT2D eigenvalue weighted by atomic mass is 9.92. The van der Waals surface area contributed by atoms with Crippen molar-refractivity contribution in [2.45, 2.75) is 37.6 Å². The SMILES string of the molecule is COc1ccc2c(c1)CCC2(C)N1CCC(c2cccc(F)c2)C1.Cl. The summed E-state index contributed by atoms with van der Waals surface area (Å²) in [6, 6.07) is 13.6. The van der Waals surface area contributed by atoms with Gasteiger partial charge >= 0.3 is 0 Å². The van der Waals surface area contributed by atoms with Crippen LogP contribution in [0, 0.1) is 5.82 Å². The molecule has 4 heteroatoms. The van der Waals surface area contributed by atoms with E-state index in [-0.39, 0.29) is 23.8 Å². The minimum atomic E-state index is -0.129. The number of fused-ring (bicyclic) bond motifs is 1. The smallest absolute Gasteiger partial charge is 0.123 e. The van der Waals surface area contributed by atoms with Gasteiger partial charge in [0.15, 0.2) is 0 Å². The van der Waals surface area contributed by atoms with Crippen LogP contribution in [0.3, 0.4) is 0 Å². The Hall–Kier alpha value is -1.58. The summed E-state index contributed by atoms with van der Waals surface area (Å²) in [4.78, 5) is 2.60. The number of hydrogen-bond acceptors (Lipinski definition) is 2. The van der Waals surface area contributed by atoms with Crippen molar-refractivity contribution in [3.05, 3.63) is 65.0 Å². The summed E-state index contributed by atoms with van der Waals surface area (Å²) in [6.45, 7) is 4.44. The van der Waals surface area contributed by atoms with Gasteiger partial charge in [0.25, 0.3) is 0 Å². The molecular weight excluding hydrogens is 337 g/mol. The normalized spacial score (nSPS) is 25.5. The lowest BCUT2D eigenvalue weighted by Gasteiger charge is -2.36. The van der Waals surface area contributed by atoms with Crippen LogP contribution in [0.2, 0.25) is 0 Å². The second-order valence-corrected chi connectivity index (χ2v) is 7.28. The maximum Gasteiger partial charge on any atom is 0.123 e. The highest BCUT2D eigenvalue weighted by atomic mass is 35.5. The van der Waals surface area contributed by atoms with Crippen molar-refractivity contribution in [2.24, 2.45) is 0 Å². The monoisotopic (exact) mass is 361 g/mol. The molecule has 134 valence electrons. The number of methoxy groups -OCH3 is 1. The molecule has 0 spiro atoms. The molecule has 0 aromatic heterocycles. The van der Waals surface area contributed by atoms with Crippen molar-refractivity contribution in [2.75, 3.05) is 20.2 Å². The molecule has 1 heterocycles. The van der Waals surface area contributed by atoms with E-state index in [4.69, 9.17) is 4.74 Å². The Morgan fingerprint density at radius 2 is 2.04 bits per heavy atom. The van der Waals surface area contributed by atoms with Crippen LogP contribution in [0.5, 0.6) is 5.75 Å². The van der Waals surface area contributed by atoms with Gasteiger partial charge in [0.1, 0.15) is 11.6 Å². The molecule has 25 heavy (non-hydrogen) atoms. The zero-order valence-corrected chi connectivity index (χ0v) is 15.6. The Balaban J connectivity index is 0.00000182. The van der Waals surface area contributed by atoms with Gasteiger partial charge in [-0.1, -0.05) is 18.2 Å². The van der Waals surface area contributed by atoms with E-state index in [1.807, 2.05) is 6.07 Å². The van der Waals surface area contributed by atoms with E-state index < -0.39 is 0 Å². The maximum absolute atomic E-state index is 13.5. The number of nitrogens with zero attached hydrogens (tertiary/aromatic N) is 1. The van der Waals surface area contributed by atoms with Gasteiger partial charge in [0, 0.05) is 12.1 Å². The summed E-state index contributed by atoms with van der Waals surface area (Å²) < 4.78 is 18.9. The third-order valence-electron chi connectivity index (χ3n) is 5.98. The standard InChI is InChI=1S/C21H24FNO.ClH/c1-21(10-8-16-13-19(24-2)6-7-20(16)21)23-11-9-17(14-23)15-4-3-5-18(22)12-15;/h3-7,12-13,17H,8-11,14H2,1-2H3;1H. The van der Waals surface area contributed by atoms with Crippen molar-refractivity contribution in [1.29, 1.82) is 0 Å². The largest absolute Gasteiger partial charge is 0.497 e. The van der Waals surface area contributed by atoms with Crippen LogP contribution in [-0.2, 0) is 12.0 Å². The van der Waals surface area contributed by atoms with E-state index in [9.17, 15) is 4.39 Å². The van der Waals surface area contributed by atoms with Gasteiger partial charge in [-0.05, 0) is 79.6 Å². The Bertz CT molecular complexity index is 765. The first-order valence-electron chi connectivity index (χ1n) is 8.78. The third kappa shape index (κ3) is 3.16. The second-order valence-electron chi connectivity index (χ2n) is 7.28. The average Bonchev–Trinajstić information content (AvgIpc) is 3.21. The summed E-state index contributed by atoms with van der Waals surface area (Å²) in [6.07, 6.45) is 3.35. The van der Waals surface area contributed by atoms with E-state index in [0.29, 0.717) is 5.92 Å². The van der Waals surface area contributed by atoms with Gasteiger partial charge in [0.05, 0.1) is 7.11 Å². The lowest BCUT2D eigenvalue weighted by Crippen LogP contribution is -2.40. The predicted octanol–water partition coefficient (Wildman–Crippen LogP) is 4.91. The van der Waals surface area contributed by atoms with Crippen LogP contribution >= 0.6 is 12.4 Å². The second kappa shape index (κ2) is 6.97. The van der Waals surface area contributed by atoms with Crippen molar-refractivity contribution < 1.29 is 9.13 Å². The van der Waals surface area contributed by atoms with Gasteiger partial charge in [-0.15, -0.1) is 12.4 Å². The van der Waals surface area contributed by atoms with Crippen molar-refractivity contribution in [3.63, 3.8) is 0 Å². The first-order valence-corrected chi connectivity index (χ1v) is 8.78. The van der Waals surface area contributed by atoms with Crippen molar-refractivity contribution >= 4 is 12.4 Å².